The van der Waals surface area contributed by atoms with Gasteiger partial charge in [-0.2, -0.15) is 4.31 Å². The first-order valence-corrected chi connectivity index (χ1v) is 13.0. The van der Waals surface area contributed by atoms with Crippen LogP contribution in [0.2, 0.25) is 0 Å². The lowest BCUT2D eigenvalue weighted by Crippen LogP contribution is -2.41. The second kappa shape index (κ2) is 10.2. The van der Waals surface area contributed by atoms with Gasteiger partial charge in [-0.05, 0) is 69.0 Å². The lowest BCUT2D eigenvalue weighted by atomic mass is 9.98. The highest BCUT2D eigenvalue weighted by molar-refractivity contribution is 7.89. The van der Waals surface area contributed by atoms with E-state index in [1.807, 2.05) is 57.2 Å². The van der Waals surface area contributed by atoms with Crippen LogP contribution in [0.25, 0.3) is 11.3 Å². The van der Waals surface area contributed by atoms with Gasteiger partial charge in [0.15, 0.2) is 12.4 Å². The van der Waals surface area contributed by atoms with Crippen LogP contribution in [0.3, 0.4) is 0 Å². The normalized spacial score (nSPS) is 15.2. The number of ether oxygens (including phenoxy) is 2. The van der Waals surface area contributed by atoms with Crippen LogP contribution in [-0.2, 0) is 26.2 Å². The highest BCUT2D eigenvalue weighted by Gasteiger charge is 2.34. The largest absolute Gasteiger partial charge is 0.497 e. The van der Waals surface area contributed by atoms with E-state index in [2.05, 4.69) is 5.16 Å². The van der Waals surface area contributed by atoms with Crippen LogP contribution in [0.5, 0.6) is 5.75 Å². The van der Waals surface area contributed by atoms with Gasteiger partial charge in [0.1, 0.15) is 11.4 Å². The predicted molar refractivity (Wildman–Crippen MR) is 130 cm³/mol. The molecule has 1 saturated heterocycles. The smallest absolute Gasteiger partial charge is 0.309 e. The summed E-state index contributed by atoms with van der Waals surface area (Å²) in [5.74, 6) is 0.474. The number of rotatable bonds is 7. The van der Waals surface area contributed by atoms with Crippen molar-refractivity contribution in [3.8, 4) is 17.0 Å². The molecule has 9 heteroatoms. The number of carbonyl (C=O) groups excluding carboxylic acids is 1. The molecule has 0 saturated carbocycles. The molecular formula is C26H30N2O6S. The molecule has 0 aliphatic carbocycles. The van der Waals surface area contributed by atoms with Crippen molar-refractivity contribution in [3.63, 3.8) is 0 Å². The van der Waals surface area contributed by atoms with Crippen LogP contribution < -0.4 is 4.74 Å². The van der Waals surface area contributed by atoms with E-state index in [0.717, 1.165) is 28.0 Å². The molecule has 2 aromatic carbocycles. The fraction of sp³-hybridized carbons (Fsp3) is 0.385. The quantitative estimate of drug-likeness (QED) is 0.445. The van der Waals surface area contributed by atoms with Crippen molar-refractivity contribution in [2.24, 2.45) is 5.92 Å². The molecule has 4 rings (SSSR count). The summed E-state index contributed by atoms with van der Waals surface area (Å²) in [5.41, 5.74) is 4.01. The summed E-state index contributed by atoms with van der Waals surface area (Å²) in [6.45, 7) is 6.12. The van der Waals surface area contributed by atoms with Crippen molar-refractivity contribution >= 4 is 16.0 Å². The monoisotopic (exact) mass is 498 g/mol. The van der Waals surface area contributed by atoms with Gasteiger partial charge < -0.3 is 14.0 Å². The van der Waals surface area contributed by atoms with E-state index < -0.39 is 10.0 Å². The van der Waals surface area contributed by atoms with Crippen molar-refractivity contribution < 1.29 is 27.2 Å². The van der Waals surface area contributed by atoms with E-state index in [0.29, 0.717) is 29.2 Å². The number of hydrogen-bond acceptors (Lipinski definition) is 7. The average Bonchev–Trinajstić information content (AvgIpc) is 3.31. The van der Waals surface area contributed by atoms with Crippen molar-refractivity contribution in [1.29, 1.82) is 0 Å². The molecule has 0 atom stereocenters. The van der Waals surface area contributed by atoms with Gasteiger partial charge in [0.25, 0.3) is 0 Å². The zero-order valence-electron chi connectivity index (χ0n) is 20.4. The standard InChI is InChI=1S/C26H30N2O6S/c1-17-13-18(2)25(19(3)14-17)35(30,31)28-11-9-21(10-12-28)26(29)33-16-23-15-24(27-34-23)20-5-7-22(32-4)8-6-20/h5-8,13-15,21H,9-12,16H2,1-4H3. The number of piperidine rings is 1. The van der Waals surface area contributed by atoms with Crippen LogP contribution in [-0.4, -0.2) is 44.0 Å². The molecule has 0 N–H and O–H groups in total. The molecular weight excluding hydrogens is 468 g/mol. The fourth-order valence-electron chi connectivity index (χ4n) is 4.57. The number of nitrogens with zero attached hydrogens (tertiary/aromatic N) is 2. The molecule has 2 heterocycles. The average molecular weight is 499 g/mol. The second-order valence-corrected chi connectivity index (χ2v) is 10.8. The predicted octanol–water partition coefficient (Wildman–Crippen LogP) is 4.42. The maximum absolute atomic E-state index is 13.3. The van der Waals surface area contributed by atoms with Crippen molar-refractivity contribution in [3.05, 3.63) is 64.9 Å². The number of carbonyl (C=O) groups is 1. The van der Waals surface area contributed by atoms with Crippen molar-refractivity contribution in [1.82, 2.24) is 9.46 Å². The van der Waals surface area contributed by atoms with E-state index in [4.69, 9.17) is 14.0 Å². The number of esters is 1. The van der Waals surface area contributed by atoms with Crippen LogP contribution in [0, 0.1) is 26.7 Å². The van der Waals surface area contributed by atoms with E-state index in [-0.39, 0.29) is 31.6 Å². The Kier molecular flexibility index (Phi) is 7.28. The number of sulfonamides is 1. The minimum atomic E-state index is -3.62. The van der Waals surface area contributed by atoms with Gasteiger partial charge in [-0.25, -0.2) is 8.42 Å². The summed E-state index contributed by atoms with van der Waals surface area (Å²) >= 11 is 0. The van der Waals surface area contributed by atoms with E-state index in [1.165, 1.54) is 4.31 Å². The van der Waals surface area contributed by atoms with Crippen molar-refractivity contribution in [2.45, 2.75) is 45.1 Å². The first-order chi connectivity index (χ1) is 16.7. The lowest BCUT2D eigenvalue weighted by Gasteiger charge is -2.31. The maximum Gasteiger partial charge on any atom is 0.309 e. The topological polar surface area (TPSA) is 98.9 Å². The highest BCUT2D eigenvalue weighted by Crippen LogP contribution is 2.29. The molecule has 0 bridgehead atoms. The van der Waals surface area contributed by atoms with Crippen LogP contribution in [0.1, 0.15) is 35.3 Å². The first-order valence-electron chi connectivity index (χ1n) is 11.5. The Morgan fingerprint density at radius 1 is 1.06 bits per heavy atom. The summed E-state index contributed by atoms with van der Waals surface area (Å²) in [6.07, 6.45) is 0.824. The number of hydrogen-bond donors (Lipinski definition) is 0. The minimum Gasteiger partial charge on any atom is -0.497 e. The van der Waals surface area contributed by atoms with Gasteiger partial charge in [0, 0.05) is 24.7 Å². The molecule has 1 aliphatic heterocycles. The van der Waals surface area contributed by atoms with E-state index >= 15 is 0 Å². The van der Waals surface area contributed by atoms with E-state index in [1.54, 1.807) is 13.2 Å². The zero-order chi connectivity index (χ0) is 25.2. The number of methoxy groups -OCH3 is 1. The van der Waals surface area contributed by atoms with Crippen LogP contribution >= 0.6 is 0 Å². The molecule has 1 fully saturated rings. The molecule has 0 unspecified atom stereocenters. The SMILES string of the molecule is COc1ccc(-c2cc(COC(=O)C3CCN(S(=O)(=O)c4c(C)cc(C)cc4C)CC3)on2)cc1. The Balaban J connectivity index is 1.32. The summed E-state index contributed by atoms with van der Waals surface area (Å²) in [5, 5.41) is 4.04. The van der Waals surface area contributed by atoms with Gasteiger partial charge in [-0.1, -0.05) is 22.9 Å². The second-order valence-electron chi connectivity index (χ2n) is 8.92. The third-order valence-electron chi connectivity index (χ3n) is 6.29. The van der Waals surface area contributed by atoms with Crippen LogP contribution in [0.15, 0.2) is 51.9 Å². The third kappa shape index (κ3) is 5.41. The molecule has 1 aliphatic rings. The Morgan fingerprint density at radius 2 is 1.69 bits per heavy atom. The first kappa shape index (κ1) is 24.9. The molecule has 8 nitrogen and oxygen atoms in total. The minimum absolute atomic E-state index is 0.0255. The molecule has 0 amide bonds. The lowest BCUT2D eigenvalue weighted by molar-refractivity contribution is -0.151. The van der Waals surface area contributed by atoms with E-state index in [9.17, 15) is 13.2 Å². The third-order valence-corrected chi connectivity index (χ3v) is 8.50. The number of aryl methyl sites for hydroxylation is 3. The molecule has 35 heavy (non-hydrogen) atoms. The Morgan fingerprint density at radius 3 is 2.29 bits per heavy atom. The molecule has 0 radical (unpaired) electrons. The number of benzene rings is 2. The van der Waals surface area contributed by atoms with Gasteiger partial charge >= 0.3 is 5.97 Å². The summed E-state index contributed by atoms with van der Waals surface area (Å²) in [4.78, 5) is 13.0. The summed E-state index contributed by atoms with van der Waals surface area (Å²) < 4.78 is 43.9. The van der Waals surface area contributed by atoms with Gasteiger partial charge in [0.2, 0.25) is 10.0 Å². The van der Waals surface area contributed by atoms with Gasteiger partial charge in [-0.3, -0.25) is 4.79 Å². The molecule has 186 valence electrons. The summed E-state index contributed by atoms with van der Waals surface area (Å²) in [6, 6.07) is 12.9. The number of aromatic nitrogens is 1. The Labute approximate surface area is 205 Å². The highest BCUT2D eigenvalue weighted by atomic mass is 32.2. The molecule has 0 spiro atoms. The van der Waals surface area contributed by atoms with Gasteiger partial charge in [-0.15, -0.1) is 0 Å². The fourth-order valence-corrected chi connectivity index (χ4v) is 6.45. The Bertz CT molecular complexity index is 1280. The Hall–Kier alpha value is -3.17. The van der Waals surface area contributed by atoms with Crippen LogP contribution in [0.4, 0.5) is 0 Å². The van der Waals surface area contributed by atoms with Gasteiger partial charge in [0.05, 0.1) is 17.9 Å². The maximum atomic E-state index is 13.3. The summed E-state index contributed by atoms with van der Waals surface area (Å²) in [7, 11) is -2.02. The zero-order valence-corrected chi connectivity index (χ0v) is 21.2. The molecule has 3 aromatic rings. The molecule has 1 aromatic heterocycles. The van der Waals surface area contributed by atoms with Crippen molar-refractivity contribution in [2.75, 3.05) is 20.2 Å².